The first kappa shape index (κ1) is 30.6. The highest BCUT2D eigenvalue weighted by Gasteiger charge is 2.28. The van der Waals surface area contributed by atoms with Crippen molar-refractivity contribution in [2.45, 2.75) is 65.6 Å². The first-order valence-corrected chi connectivity index (χ1v) is 14.9. The Kier molecular flexibility index (Phi) is 11.0. The van der Waals surface area contributed by atoms with Crippen LogP contribution in [0.1, 0.15) is 53.0 Å². The number of halogens is 1. The molecule has 0 unspecified atom stereocenters. The van der Waals surface area contributed by atoms with E-state index in [1.165, 1.54) is 4.31 Å². The molecule has 37 heavy (non-hydrogen) atoms. The average molecular weight is 597 g/mol. The van der Waals surface area contributed by atoms with Gasteiger partial charge in [0.25, 0.3) is 0 Å². The van der Waals surface area contributed by atoms with Crippen molar-refractivity contribution >= 4 is 43.5 Å². The van der Waals surface area contributed by atoms with Gasteiger partial charge < -0.3 is 15.0 Å². The van der Waals surface area contributed by atoms with Crippen molar-refractivity contribution in [2.75, 3.05) is 23.7 Å². The molecule has 8 nitrogen and oxygen atoms in total. The monoisotopic (exact) mass is 595 g/mol. The van der Waals surface area contributed by atoms with Crippen molar-refractivity contribution in [3.63, 3.8) is 0 Å². The first-order valence-electron chi connectivity index (χ1n) is 12.3. The Morgan fingerprint density at radius 3 is 2.30 bits per heavy atom. The van der Waals surface area contributed by atoms with Gasteiger partial charge in [-0.15, -0.1) is 0 Å². The SMILES string of the molecule is CCOc1ccc(N(CCCC(=O)N(Cc2cccc(Br)c2)[C@H](C)C(=O)NC(C)(C)C)S(C)(=O)=O)cc1. The van der Waals surface area contributed by atoms with Gasteiger partial charge in [-0.05, 0) is 83.0 Å². The number of hydrogen-bond donors (Lipinski definition) is 1. The molecule has 0 aliphatic heterocycles. The lowest BCUT2D eigenvalue weighted by atomic mass is 10.1. The zero-order valence-corrected chi connectivity index (χ0v) is 24.9. The van der Waals surface area contributed by atoms with E-state index in [2.05, 4.69) is 21.2 Å². The van der Waals surface area contributed by atoms with E-state index in [9.17, 15) is 18.0 Å². The first-order chi connectivity index (χ1) is 17.2. The molecule has 10 heteroatoms. The minimum absolute atomic E-state index is 0.0875. The largest absolute Gasteiger partial charge is 0.494 e. The summed E-state index contributed by atoms with van der Waals surface area (Å²) in [6.07, 6.45) is 1.52. The number of ether oxygens (including phenoxy) is 1. The summed E-state index contributed by atoms with van der Waals surface area (Å²) in [6.45, 7) is 10.1. The second kappa shape index (κ2) is 13.3. The van der Waals surface area contributed by atoms with Crippen molar-refractivity contribution in [1.29, 1.82) is 0 Å². The number of nitrogens with one attached hydrogen (secondary N) is 1. The number of hydrogen-bond acceptors (Lipinski definition) is 5. The smallest absolute Gasteiger partial charge is 0.242 e. The zero-order valence-electron chi connectivity index (χ0n) is 22.5. The van der Waals surface area contributed by atoms with Crippen LogP contribution in [-0.4, -0.2) is 56.1 Å². The number of carbonyl (C=O) groups is 2. The van der Waals surface area contributed by atoms with Crippen molar-refractivity contribution in [1.82, 2.24) is 10.2 Å². The number of nitrogens with zero attached hydrogens (tertiary/aromatic N) is 2. The molecular weight excluding hydrogens is 558 g/mol. The van der Waals surface area contributed by atoms with Crippen LogP contribution in [0.5, 0.6) is 5.75 Å². The maximum absolute atomic E-state index is 13.4. The van der Waals surface area contributed by atoms with Gasteiger partial charge in [-0.1, -0.05) is 28.1 Å². The molecule has 0 heterocycles. The highest BCUT2D eigenvalue weighted by molar-refractivity contribution is 9.10. The van der Waals surface area contributed by atoms with Crippen LogP contribution in [0.25, 0.3) is 0 Å². The number of carbonyl (C=O) groups excluding carboxylic acids is 2. The quantitative estimate of drug-likeness (QED) is 0.383. The molecule has 0 saturated carbocycles. The lowest BCUT2D eigenvalue weighted by Gasteiger charge is -2.32. The standard InChI is InChI=1S/C27H38BrN3O5S/c1-7-36-24-15-13-23(14-16-24)31(37(6,34)35)17-9-12-25(32)30(19-21-10-8-11-22(28)18-21)20(2)26(33)29-27(3,4)5/h8,10-11,13-16,18,20H,7,9,12,17,19H2,1-6H3,(H,29,33)/t20-/m1/s1. The Morgan fingerprint density at radius 1 is 1.11 bits per heavy atom. The second-order valence-electron chi connectivity index (χ2n) is 9.93. The summed E-state index contributed by atoms with van der Waals surface area (Å²) in [5.41, 5.74) is 0.941. The Morgan fingerprint density at radius 2 is 1.76 bits per heavy atom. The maximum atomic E-state index is 13.4. The number of anilines is 1. The van der Waals surface area contributed by atoms with Crippen LogP contribution < -0.4 is 14.4 Å². The fourth-order valence-corrected chi connectivity index (χ4v) is 5.18. The van der Waals surface area contributed by atoms with Crippen LogP contribution in [0.2, 0.25) is 0 Å². The Labute approximate surface area is 229 Å². The van der Waals surface area contributed by atoms with Gasteiger partial charge in [0, 0.05) is 29.5 Å². The molecule has 204 valence electrons. The van der Waals surface area contributed by atoms with E-state index in [1.54, 1.807) is 36.1 Å². The van der Waals surface area contributed by atoms with E-state index >= 15 is 0 Å². The minimum Gasteiger partial charge on any atom is -0.494 e. The van der Waals surface area contributed by atoms with Crippen LogP contribution in [0, 0.1) is 0 Å². The molecule has 2 amide bonds. The topological polar surface area (TPSA) is 96.0 Å². The summed E-state index contributed by atoms with van der Waals surface area (Å²) in [4.78, 5) is 27.8. The van der Waals surface area contributed by atoms with Crippen molar-refractivity contribution in [3.05, 3.63) is 58.6 Å². The summed E-state index contributed by atoms with van der Waals surface area (Å²) in [7, 11) is -3.57. The van der Waals surface area contributed by atoms with E-state index in [0.717, 1.165) is 16.3 Å². The predicted octanol–water partition coefficient (Wildman–Crippen LogP) is 4.73. The molecule has 0 fully saturated rings. The fourth-order valence-electron chi connectivity index (χ4n) is 3.77. The summed E-state index contributed by atoms with van der Waals surface area (Å²) < 4.78 is 32.6. The third-order valence-electron chi connectivity index (χ3n) is 5.50. The lowest BCUT2D eigenvalue weighted by molar-refractivity contribution is -0.141. The average Bonchev–Trinajstić information content (AvgIpc) is 2.79. The van der Waals surface area contributed by atoms with E-state index in [1.807, 2.05) is 52.0 Å². The van der Waals surface area contributed by atoms with Crippen LogP contribution in [-0.2, 0) is 26.2 Å². The van der Waals surface area contributed by atoms with E-state index in [0.29, 0.717) is 24.5 Å². The van der Waals surface area contributed by atoms with Gasteiger partial charge in [0.05, 0.1) is 18.6 Å². The number of sulfonamides is 1. The van der Waals surface area contributed by atoms with Gasteiger partial charge in [-0.25, -0.2) is 8.42 Å². The summed E-state index contributed by atoms with van der Waals surface area (Å²) >= 11 is 3.45. The summed E-state index contributed by atoms with van der Waals surface area (Å²) in [5, 5.41) is 2.94. The lowest BCUT2D eigenvalue weighted by Crippen LogP contribution is -2.52. The summed E-state index contributed by atoms with van der Waals surface area (Å²) in [6, 6.07) is 13.7. The predicted molar refractivity (Wildman–Crippen MR) is 151 cm³/mol. The molecule has 2 aromatic carbocycles. The van der Waals surface area contributed by atoms with Crippen LogP contribution >= 0.6 is 15.9 Å². The molecular formula is C27H38BrN3O5S. The van der Waals surface area contributed by atoms with Crippen LogP contribution in [0.15, 0.2) is 53.0 Å². The van der Waals surface area contributed by atoms with Crippen molar-refractivity contribution in [2.24, 2.45) is 0 Å². The van der Waals surface area contributed by atoms with Crippen LogP contribution in [0.3, 0.4) is 0 Å². The van der Waals surface area contributed by atoms with Crippen LogP contribution in [0.4, 0.5) is 5.69 Å². The number of rotatable bonds is 12. The molecule has 2 rings (SSSR count). The normalized spacial score (nSPS) is 12.5. The van der Waals surface area contributed by atoms with Gasteiger partial charge in [0.2, 0.25) is 21.8 Å². The molecule has 0 saturated heterocycles. The van der Waals surface area contributed by atoms with Crippen molar-refractivity contribution in [3.8, 4) is 5.75 Å². The molecule has 0 aliphatic rings. The van der Waals surface area contributed by atoms with Gasteiger partial charge in [0.1, 0.15) is 11.8 Å². The van der Waals surface area contributed by atoms with E-state index < -0.39 is 21.6 Å². The minimum atomic E-state index is -3.57. The Balaban J connectivity index is 2.18. The fraction of sp³-hybridized carbons (Fsp3) is 0.481. The number of benzene rings is 2. The third kappa shape index (κ3) is 10.0. The molecule has 0 radical (unpaired) electrons. The van der Waals surface area contributed by atoms with E-state index in [-0.39, 0.29) is 31.3 Å². The molecule has 1 atom stereocenters. The number of amides is 2. The molecule has 0 aliphatic carbocycles. The zero-order chi connectivity index (χ0) is 27.8. The third-order valence-corrected chi connectivity index (χ3v) is 7.18. The highest BCUT2D eigenvalue weighted by Crippen LogP contribution is 2.23. The van der Waals surface area contributed by atoms with Gasteiger partial charge >= 0.3 is 0 Å². The van der Waals surface area contributed by atoms with Gasteiger partial charge in [-0.3, -0.25) is 13.9 Å². The molecule has 0 aromatic heterocycles. The van der Waals surface area contributed by atoms with Crippen molar-refractivity contribution < 1.29 is 22.7 Å². The van der Waals surface area contributed by atoms with E-state index in [4.69, 9.17) is 4.74 Å². The molecule has 1 N–H and O–H groups in total. The maximum Gasteiger partial charge on any atom is 0.242 e. The van der Waals surface area contributed by atoms with Gasteiger partial charge in [0.15, 0.2) is 0 Å². The van der Waals surface area contributed by atoms with Gasteiger partial charge in [-0.2, -0.15) is 0 Å². The molecule has 0 spiro atoms. The molecule has 0 bridgehead atoms. The summed E-state index contributed by atoms with van der Waals surface area (Å²) in [5.74, 6) is 0.181. The Hall–Kier alpha value is -2.59. The second-order valence-corrected chi connectivity index (χ2v) is 12.8. The molecule has 2 aromatic rings. The Bertz CT molecular complexity index is 1160. The highest BCUT2D eigenvalue weighted by atomic mass is 79.9.